The summed E-state index contributed by atoms with van der Waals surface area (Å²) in [6.45, 7) is 1.73. The summed E-state index contributed by atoms with van der Waals surface area (Å²) in [5.74, 6) is -0.638. The van der Waals surface area contributed by atoms with E-state index in [2.05, 4.69) is 5.32 Å². The molecule has 130 valence electrons. The van der Waals surface area contributed by atoms with E-state index in [-0.39, 0.29) is 24.2 Å². The van der Waals surface area contributed by atoms with Crippen LogP contribution in [0.2, 0.25) is 0 Å². The fourth-order valence-electron chi connectivity index (χ4n) is 2.92. The second kappa shape index (κ2) is 9.05. The van der Waals surface area contributed by atoms with Crippen molar-refractivity contribution < 1.29 is 19.5 Å². The van der Waals surface area contributed by atoms with E-state index in [0.29, 0.717) is 38.0 Å². The maximum absolute atomic E-state index is 12.1. The van der Waals surface area contributed by atoms with Crippen LogP contribution in [-0.4, -0.2) is 47.4 Å². The molecular weight excluding hydrogens is 308 g/mol. The number of nitrogens with one attached hydrogen (secondary N) is 1. The van der Waals surface area contributed by atoms with Crippen molar-refractivity contribution in [1.82, 2.24) is 10.2 Å². The number of benzene rings is 1. The zero-order valence-electron chi connectivity index (χ0n) is 13.7. The van der Waals surface area contributed by atoms with Gasteiger partial charge in [0.2, 0.25) is 5.91 Å². The molecule has 0 unspecified atom stereocenters. The van der Waals surface area contributed by atoms with Gasteiger partial charge in [0.1, 0.15) is 0 Å². The number of likely N-dealkylation sites (tertiary alicyclic amines) is 1. The molecule has 1 aliphatic heterocycles. The molecule has 1 aromatic rings. The Bertz CT molecular complexity index is 566. The molecule has 0 saturated carbocycles. The summed E-state index contributed by atoms with van der Waals surface area (Å²) >= 11 is 0. The van der Waals surface area contributed by atoms with Crippen LogP contribution in [0, 0.1) is 5.92 Å². The smallest absolute Gasteiger partial charge is 0.303 e. The van der Waals surface area contributed by atoms with Crippen molar-refractivity contribution >= 4 is 17.8 Å². The predicted molar refractivity (Wildman–Crippen MR) is 89.6 cm³/mol. The molecule has 1 fully saturated rings. The number of rotatable bonds is 7. The largest absolute Gasteiger partial charge is 0.481 e. The molecule has 1 saturated heterocycles. The first-order chi connectivity index (χ1) is 11.6. The highest BCUT2D eigenvalue weighted by Gasteiger charge is 2.23. The maximum Gasteiger partial charge on any atom is 0.303 e. The lowest BCUT2D eigenvalue weighted by atomic mass is 9.93. The van der Waals surface area contributed by atoms with Crippen LogP contribution in [0.4, 0.5) is 0 Å². The lowest BCUT2D eigenvalue weighted by Gasteiger charge is -2.31. The lowest BCUT2D eigenvalue weighted by molar-refractivity contribution is -0.138. The van der Waals surface area contributed by atoms with Crippen molar-refractivity contribution in [2.75, 3.05) is 19.6 Å². The number of carboxylic acids is 1. The number of piperidine rings is 1. The molecule has 0 atom stereocenters. The summed E-state index contributed by atoms with van der Waals surface area (Å²) in [4.78, 5) is 36.5. The van der Waals surface area contributed by atoms with E-state index in [1.54, 1.807) is 17.0 Å². The summed E-state index contributed by atoms with van der Waals surface area (Å²) in [6, 6.07) is 8.98. The summed E-state index contributed by atoms with van der Waals surface area (Å²) in [7, 11) is 0. The Hall–Kier alpha value is -2.37. The Kier molecular flexibility index (Phi) is 6.78. The molecule has 0 spiro atoms. The van der Waals surface area contributed by atoms with Gasteiger partial charge in [-0.1, -0.05) is 18.2 Å². The number of carbonyl (C=O) groups is 3. The van der Waals surface area contributed by atoms with Gasteiger partial charge in [-0.05, 0) is 37.3 Å². The van der Waals surface area contributed by atoms with Crippen LogP contribution in [0.15, 0.2) is 30.3 Å². The zero-order chi connectivity index (χ0) is 17.4. The summed E-state index contributed by atoms with van der Waals surface area (Å²) in [5, 5.41) is 11.6. The Balaban J connectivity index is 1.62. The Morgan fingerprint density at radius 1 is 1.12 bits per heavy atom. The van der Waals surface area contributed by atoms with Crippen molar-refractivity contribution in [3.05, 3.63) is 35.9 Å². The molecule has 1 heterocycles. The summed E-state index contributed by atoms with van der Waals surface area (Å²) in [5.41, 5.74) is 0.615. The van der Waals surface area contributed by atoms with Gasteiger partial charge in [-0.3, -0.25) is 14.4 Å². The van der Waals surface area contributed by atoms with Crippen LogP contribution in [-0.2, 0) is 9.59 Å². The molecule has 2 rings (SSSR count). The second-order valence-corrected chi connectivity index (χ2v) is 6.15. The second-order valence-electron chi connectivity index (χ2n) is 6.15. The van der Waals surface area contributed by atoms with E-state index in [1.165, 1.54) is 0 Å². The van der Waals surface area contributed by atoms with Crippen LogP contribution < -0.4 is 5.32 Å². The van der Waals surface area contributed by atoms with Crippen molar-refractivity contribution in [3.8, 4) is 0 Å². The van der Waals surface area contributed by atoms with E-state index < -0.39 is 5.97 Å². The van der Waals surface area contributed by atoms with E-state index >= 15 is 0 Å². The van der Waals surface area contributed by atoms with Gasteiger partial charge in [-0.25, -0.2) is 0 Å². The number of carbonyl (C=O) groups excluding carboxylic acids is 2. The highest BCUT2D eigenvalue weighted by Crippen LogP contribution is 2.21. The van der Waals surface area contributed by atoms with Crippen LogP contribution >= 0.6 is 0 Å². The molecule has 2 amide bonds. The molecular formula is C18H24N2O4. The van der Waals surface area contributed by atoms with Gasteiger partial charge in [0.05, 0.1) is 0 Å². The number of carboxylic acid groups (broad SMARTS) is 1. The molecule has 0 radical (unpaired) electrons. The molecule has 1 aliphatic rings. The van der Waals surface area contributed by atoms with Gasteiger partial charge in [-0.2, -0.15) is 0 Å². The highest BCUT2D eigenvalue weighted by atomic mass is 16.4. The maximum atomic E-state index is 12.1. The Morgan fingerprint density at radius 2 is 1.79 bits per heavy atom. The molecule has 6 nitrogen and oxygen atoms in total. The number of aliphatic carboxylic acids is 1. The van der Waals surface area contributed by atoms with E-state index in [1.807, 2.05) is 18.2 Å². The van der Waals surface area contributed by atoms with Gasteiger partial charge in [0.15, 0.2) is 0 Å². The first-order valence-corrected chi connectivity index (χ1v) is 8.39. The molecule has 0 bridgehead atoms. The molecule has 6 heteroatoms. The zero-order valence-corrected chi connectivity index (χ0v) is 13.7. The van der Waals surface area contributed by atoms with E-state index in [9.17, 15) is 14.4 Å². The average Bonchev–Trinajstić information content (AvgIpc) is 2.59. The topological polar surface area (TPSA) is 86.7 Å². The Morgan fingerprint density at radius 3 is 2.42 bits per heavy atom. The fraction of sp³-hybridized carbons (Fsp3) is 0.500. The quantitative estimate of drug-likeness (QED) is 0.747. The fourth-order valence-corrected chi connectivity index (χ4v) is 2.92. The van der Waals surface area contributed by atoms with Crippen LogP contribution in [0.25, 0.3) is 0 Å². The molecule has 1 aromatic carbocycles. The number of hydrogen-bond donors (Lipinski definition) is 2. The standard InChI is InChI=1S/C18H24N2O4/c21-16(20-11-8-14(9-12-20)13-17(22)23)7-4-10-19-18(24)15-5-2-1-3-6-15/h1-3,5-6,14H,4,7-13H2,(H,19,24)(H,22,23). The van der Waals surface area contributed by atoms with E-state index in [0.717, 1.165) is 12.8 Å². The molecule has 0 aromatic heterocycles. The normalized spacial score (nSPS) is 15.1. The van der Waals surface area contributed by atoms with Crippen molar-refractivity contribution in [2.24, 2.45) is 5.92 Å². The Labute approximate surface area is 141 Å². The first-order valence-electron chi connectivity index (χ1n) is 8.39. The summed E-state index contributed by atoms with van der Waals surface area (Å²) in [6.07, 6.45) is 2.70. The third-order valence-corrected chi connectivity index (χ3v) is 4.32. The minimum atomic E-state index is -0.770. The van der Waals surface area contributed by atoms with Gasteiger partial charge < -0.3 is 15.3 Å². The summed E-state index contributed by atoms with van der Waals surface area (Å²) < 4.78 is 0. The van der Waals surface area contributed by atoms with Gasteiger partial charge in [0, 0.05) is 38.0 Å². The van der Waals surface area contributed by atoms with Gasteiger partial charge in [-0.15, -0.1) is 0 Å². The SMILES string of the molecule is O=C(O)CC1CCN(C(=O)CCCNC(=O)c2ccccc2)CC1. The van der Waals surface area contributed by atoms with Crippen LogP contribution in [0.1, 0.15) is 42.5 Å². The van der Waals surface area contributed by atoms with Gasteiger partial charge in [0.25, 0.3) is 5.91 Å². The van der Waals surface area contributed by atoms with Crippen LogP contribution in [0.5, 0.6) is 0 Å². The predicted octanol–water partition coefficient (Wildman–Crippen LogP) is 1.91. The lowest BCUT2D eigenvalue weighted by Crippen LogP contribution is -2.39. The number of hydrogen-bond acceptors (Lipinski definition) is 3. The van der Waals surface area contributed by atoms with Crippen molar-refractivity contribution in [1.29, 1.82) is 0 Å². The molecule has 2 N–H and O–H groups in total. The van der Waals surface area contributed by atoms with E-state index in [4.69, 9.17) is 5.11 Å². The van der Waals surface area contributed by atoms with Crippen LogP contribution in [0.3, 0.4) is 0 Å². The minimum Gasteiger partial charge on any atom is -0.481 e. The molecule has 24 heavy (non-hydrogen) atoms. The monoisotopic (exact) mass is 332 g/mol. The first kappa shape index (κ1) is 18.0. The number of amides is 2. The van der Waals surface area contributed by atoms with Crippen molar-refractivity contribution in [3.63, 3.8) is 0 Å². The third-order valence-electron chi connectivity index (χ3n) is 4.32. The minimum absolute atomic E-state index is 0.0812. The number of nitrogens with zero attached hydrogens (tertiary/aromatic N) is 1. The molecule has 0 aliphatic carbocycles. The highest BCUT2D eigenvalue weighted by molar-refractivity contribution is 5.94. The third kappa shape index (κ3) is 5.68. The van der Waals surface area contributed by atoms with Gasteiger partial charge >= 0.3 is 5.97 Å². The van der Waals surface area contributed by atoms with Crippen molar-refractivity contribution in [2.45, 2.75) is 32.1 Å². The average molecular weight is 332 g/mol.